The summed E-state index contributed by atoms with van der Waals surface area (Å²) in [7, 11) is -0.547. The molecule has 6 rings (SSSR count). The third-order valence-corrected chi connectivity index (χ3v) is 14.4. The zero-order valence-electron chi connectivity index (χ0n) is 26.1. The van der Waals surface area contributed by atoms with Gasteiger partial charge < -0.3 is 0 Å². The average Bonchev–Trinajstić information content (AvgIpc) is 3.55. The lowest BCUT2D eigenvalue weighted by molar-refractivity contribution is 0.569. The molecule has 0 amide bonds. The van der Waals surface area contributed by atoms with Crippen molar-refractivity contribution in [1.82, 2.24) is 0 Å². The average molecular weight is 580 g/mol. The first-order valence-electron chi connectivity index (χ1n) is 14.6. The first-order chi connectivity index (χ1) is 18.7. The Kier molecular flexibility index (Phi) is 6.57. The van der Waals surface area contributed by atoms with E-state index in [1.165, 1.54) is 54.6 Å². The molecule has 1 aromatic heterocycles. The van der Waals surface area contributed by atoms with E-state index in [1.54, 1.807) is 19.5 Å². The van der Waals surface area contributed by atoms with Crippen LogP contribution in [0.3, 0.4) is 0 Å². The summed E-state index contributed by atoms with van der Waals surface area (Å²) in [6, 6.07) is 16.9. The van der Waals surface area contributed by atoms with Crippen LogP contribution in [0.2, 0.25) is 13.1 Å². The van der Waals surface area contributed by atoms with E-state index in [4.69, 9.17) is 0 Å². The van der Waals surface area contributed by atoms with Gasteiger partial charge in [-0.2, -0.15) is 0 Å². The van der Waals surface area contributed by atoms with E-state index in [0.29, 0.717) is 5.25 Å². The lowest BCUT2D eigenvalue weighted by Gasteiger charge is -2.27. The van der Waals surface area contributed by atoms with Gasteiger partial charge >= 0.3 is 0 Å². The predicted octanol–water partition coefficient (Wildman–Crippen LogP) is 9.44. The minimum Gasteiger partial charge on any atom is -0.141 e. The van der Waals surface area contributed by atoms with Gasteiger partial charge in [0, 0.05) is 19.5 Å². The SMILES string of the molecule is CC1=Cc2c(-c3cc(C(C)(C)C)cc(C(C)(C)C)c3)cccc2C1S1=C2C(=c3cc(C)sc3=C2[Si](C)C)C=C1C. The molecule has 2 aliphatic carbocycles. The van der Waals surface area contributed by atoms with Crippen LogP contribution in [0.15, 0.2) is 59.0 Å². The number of hydrogen-bond acceptors (Lipinski definition) is 1. The zero-order valence-corrected chi connectivity index (χ0v) is 28.7. The van der Waals surface area contributed by atoms with E-state index in [-0.39, 0.29) is 21.3 Å². The summed E-state index contributed by atoms with van der Waals surface area (Å²) < 4.78 is 1.57. The van der Waals surface area contributed by atoms with Crippen molar-refractivity contribution in [2.45, 2.75) is 91.5 Å². The van der Waals surface area contributed by atoms with Crippen LogP contribution in [0.1, 0.15) is 87.8 Å². The fourth-order valence-corrected chi connectivity index (χ4v) is 13.3. The van der Waals surface area contributed by atoms with Crippen LogP contribution in [-0.4, -0.2) is 13.7 Å². The van der Waals surface area contributed by atoms with Crippen LogP contribution < -0.4 is 9.75 Å². The van der Waals surface area contributed by atoms with Crippen molar-refractivity contribution in [3.05, 3.63) is 95.9 Å². The summed E-state index contributed by atoms with van der Waals surface area (Å²) in [6.07, 6.45) is 5.06. The summed E-state index contributed by atoms with van der Waals surface area (Å²) in [5.41, 5.74) is 11.8. The van der Waals surface area contributed by atoms with Crippen molar-refractivity contribution < 1.29 is 0 Å². The van der Waals surface area contributed by atoms with Gasteiger partial charge in [0.2, 0.25) is 0 Å². The van der Waals surface area contributed by atoms with E-state index < -0.39 is 8.80 Å². The largest absolute Gasteiger partial charge is 0.141 e. The van der Waals surface area contributed by atoms with E-state index in [9.17, 15) is 0 Å². The Hall–Kier alpha value is -2.20. The Labute approximate surface area is 249 Å². The van der Waals surface area contributed by atoms with Crippen LogP contribution >= 0.6 is 21.8 Å². The molecule has 2 heterocycles. The summed E-state index contributed by atoms with van der Waals surface area (Å²) in [5.74, 6) is 0. The monoisotopic (exact) mass is 579 g/mol. The second kappa shape index (κ2) is 9.41. The number of rotatable bonds is 3. The Bertz CT molecular complexity index is 1770. The molecule has 3 aliphatic rings. The molecule has 207 valence electrons. The second-order valence-corrected chi connectivity index (χ2v) is 20.1. The second-order valence-electron chi connectivity index (χ2n) is 14.2. The maximum absolute atomic E-state index is 2.54. The Balaban J connectivity index is 1.57. The molecule has 2 aromatic carbocycles. The number of fused-ring (bicyclic) bond motifs is 3. The van der Waals surface area contributed by atoms with Crippen molar-refractivity contribution in [3.8, 4) is 11.1 Å². The van der Waals surface area contributed by atoms with Crippen LogP contribution in [0.5, 0.6) is 0 Å². The molecule has 2 atom stereocenters. The Morgan fingerprint density at radius 1 is 0.825 bits per heavy atom. The van der Waals surface area contributed by atoms with Gasteiger partial charge in [-0.25, -0.2) is 0 Å². The molecule has 0 bridgehead atoms. The highest BCUT2D eigenvalue weighted by Gasteiger charge is 2.37. The minimum atomic E-state index is -0.606. The van der Waals surface area contributed by atoms with Crippen molar-refractivity contribution in [1.29, 1.82) is 0 Å². The molecule has 0 nitrogen and oxygen atoms in total. The van der Waals surface area contributed by atoms with E-state index >= 15 is 0 Å². The minimum absolute atomic E-state index is 0.0598. The maximum Gasteiger partial charge on any atom is 0.0826 e. The fraction of sp³-hybridized carbons (Fsp3) is 0.378. The number of benzene rings is 2. The van der Waals surface area contributed by atoms with Crippen LogP contribution in [0.4, 0.5) is 0 Å². The van der Waals surface area contributed by atoms with Gasteiger partial charge in [-0.1, -0.05) is 103 Å². The highest BCUT2D eigenvalue weighted by Crippen LogP contribution is 2.57. The van der Waals surface area contributed by atoms with Gasteiger partial charge in [-0.15, -0.1) is 21.8 Å². The molecule has 0 saturated carbocycles. The van der Waals surface area contributed by atoms with Gasteiger partial charge in [0.1, 0.15) is 0 Å². The van der Waals surface area contributed by atoms with E-state index in [0.717, 1.165) is 0 Å². The molecule has 0 N–H and O–H groups in total. The first-order valence-corrected chi connectivity index (χ1v) is 19.2. The quantitative estimate of drug-likeness (QED) is 0.214. The topological polar surface area (TPSA) is 0 Å². The number of allylic oxidation sites excluding steroid dienone is 2. The predicted molar refractivity (Wildman–Crippen MR) is 185 cm³/mol. The van der Waals surface area contributed by atoms with Crippen LogP contribution in [0.25, 0.3) is 28.0 Å². The number of hydrogen-bond donors (Lipinski definition) is 0. The molecule has 3 heteroatoms. The summed E-state index contributed by atoms with van der Waals surface area (Å²) in [6.45, 7) is 26.0. The molecule has 3 aromatic rings. The highest BCUT2D eigenvalue weighted by atomic mass is 32.2. The van der Waals surface area contributed by atoms with Gasteiger partial charge in [0.25, 0.3) is 0 Å². The number of aryl methyl sites for hydroxylation is 1. The Morgan fingerprint density at radius 3 is 2.08 bits per heavy atom. The molecule has 1 aliphatic heterocycles. The summed E-state index contributed by atoms with van der Waals surface area (Å²) >= 11 is 2.02. The highest BCUT2D eigenvalue weighted by molar-refractivity contribution is 8.21. The van der Waals surface area contributed by atoms with E-state index in [2.05, 4.69) is 130 Å². The molecular weight excluding hydrogens is 537 g/mol. The van der Waals surface area contributed by atoms with Crippen molar-refractivity contribution in [2.24, 2.45) is 0 Å². The fourth-order valence-electron chi connectivity index (χ4n) is 6.55. The molecular formula is C37H43S2Si. The summed E-state index contributed by atoms with van der Waals surface area (Å²) in [5, 5.41) is 3.64. The third-order valence-electron chi connectivity index (χ3n) is 8.68. The number of thiophene rings is 1. The lowest BCUT2D eigenvalue weighted by Crippen LogP contribution is -2.22. The third kappa shape index (κ3) is 4.35. The van der Waals surface area contributed by atoms with Crippen molar-refractivity contribution in [3.63, 3.8) is 0 Å². The molecule has 0 saturated heterocycles. The van der Waals surface area contributed by atoms with Gasteiger partial charge in [-0.3, -0.25) is 0 Å². The Morgan fingerprint density at radius 2 is 1.48 bits per heavy atom. The van der Waals surface area contributed by atoms with Crippen LogP contribution in [-0.2, 0) is 10.8 Å². The van der Waals surface area contributed by atoms with Gasteiger partial charge in [0.15, 0.2) is 0 Å². The standard InChI is InChI=1S/C37H43S2Si/c1-21-15-29-27(24-18-25(36(4,5)6)20-26(19-24)37(7,8)9)13-12-14-28(29)33(21)39-23(3)17-31-30-16-22(2)38-32(30)35(34(31)39)40(10)11/h12-20,33H,1-11H3. The normalized spacial score (nSPS) is 20.2. The maximum atomic E-state index is 2.54. The lowest BCUT2D eigenvalue weighted by atomic mass is 9.78. The molecule has 1 radical (unpaired) electrons. The molecule has 0 fully saturated rings. The van der Waals surface area contributed by atoms with E-state index in [1.807, 2.05) is 11.3 Å². The summed E-state index contributed by atoms with van der Waals surface area (Å²) in [4.78, 5) is 4.67. The van der Waals surface area contributed by atoms with Crippen LogP contribution in [0, 0.1) is 6.92 Å². The van der Waals surface area contributed by atoms with Crippen molar-refractivity contribution >= 4 is 52.3 Å². The van der Waals surface area contributed by atoms with Gasteiger partial charge in [-0.05, 0) is 92.8 Å². The molecule has 2 unspecified atom stereocenters. The van der Waals surface area contributed by atoms with Crippen molar-refractivity contribution in [2.75, 3.05) is 0 Å². The molecule has 0 spiro atoms. The smallest absolute Gasteiger partial charge is 0.0826 e. The molecule has 40 heavy (non-hydrogen) atoms. The zero-order chi connectivity index (χ0) is 28.9. The first kappa shape index (κ1) is 27.9. The van der Waals surface area contributed by atoms with Gasteiger partial charge in [0.05, 0.1) is 14.0 Å².